The highest BCUT2D eigenvalue weighted by Gasteiger charge is 2.66. The summed E-state index contributed by atoms with van der Waals surface area (Å²) in [5.74, 6) is -1.67. The summed E-state index contributed by atoms with van der Waals surface area (Å²) in [4.78, 5) is 35.5. The van der Waals surface area contributed by atoms with E-state index in [9.17, 15) is 14.4 Å². The van der Waals surface area contributed by atoms with Gasteiger partial charge in [0, 0.05) is 32.3 Å². The van der Waals surface area contributed by atoms with Crippen LogP contribution >= 0.6 is 0 Å². The summed E-state index contributed by atoms with van der Waals surface area (Å²) >= 11 is 0. The van der Waals surface area contributed by atoms with E-state index in [1.54, 1.807) is 0 Å². The number of carbonyl (C=O) groups is 3. The molecule has 1 aliphatic heterocycles. The van der Waals surface area contributed by atoms with Crippen LogP contribution in [-0.4, -0.2) is 36.4 Å². The molecule has 0 radical (unpaired) electrons. The molecule has 0 bridgehead atoms. The SMILES string of the molecule is CC(=O)OC1OC=C2C(OC(C)=O)C(OC(C)=O)C3C(C)(C)CCCC3(C)C21. The second-order valence-electron chi connectivity index (χ2n) is 9.14. The largest absolute Gasteiger partial charge is 0.462 e. The zero-order chi connectivity index (χ0) is 20.9. The van der Waals surface area contributed by atoms with Gasteiger partial charge in [0.1, 0.15) is 6.10 Å². The highest BCUT2D eigenvalue weighted by Crippen LogP contribution is 2.64. The number of hydrogen-bond acceptors (Lipinski definition) is 7. The minimum absolute atomic E-state index is 0.0936. The molecule has 2 fully saturated rings. The Morgan fingerprint density at radius 2 is 1.57 bits per heavy atom. The highest BCUT2D eigenvalue weighted by molar-refractivity contribution is 5.68. The summed E-state index contributed by atoms with van der Waals surface area (Å²) in [6, 6.07) is 0. The molecule has 0 aromatic heterocycles. The Morgan fingerprint density at radius 1 is 0.964 bits per heavy atom. The molecular formula is C21H30O7. The Labute approximate surface area is 165 Å². The van der Waals surface area contributed by atoms with Crippen LogP contribution in [0.4, 0.5) is 0 Å². The third kappa shape index (κ3) is 3.40. The summed E-state index contributed by atoms with van der Waals surface area (Å²) in [6.45, 7) is 10.5. The van der Waals surface area contributed by atoms with Crippen LogP contribution in [0, 0.1) is 22.7 Å². The average molecular weight is 394 g/mol. The topological polar surface area (TPSA) is 88.1 Å². The van der Waals surface area contributed by atoms with Crippen molar-refractivity contribution in [3.8, 4) is 0 Å². The molecule has 0 N–H and O–H groups in total. The lowest BCUT2D eigenvalue weighted by atomic mass is 9.46. The number of ether oxygens (including phenoxy) is 4. The van der Waals surface area contributed by atoms with Gasteiger partial charge in [0.05, 0.1) is 12.2 Å². The molecule has 6 unspecified atom stereocenters. The van der Waals surface area contributed by atoms with Crippen molar-refractivity contribution in [1.82, 2.24) is 0 Å². The fourth-order valence-electron chi connectivity index (χ4n) is 5.95. The first-order chi connectivity index (χ1) is 13.0. The lowest BCUT2D eigenvalue weighted by Crippen LogP contribution is -2.63. The van der Waals surface area contributed by atoms with Crippen LogP contribution in [0.15, 0.2) is 11.8 Å². The maximum atomic E-state index is 12.0. The fourth-order valence-corrected chi connectivity index (χ4v) is 5.95. The van der Waals surface area contributed by atoms with Gasteiger partial charge in [-0.15, -0.1) is 0 Å². The van der Waals surface area contributed by atoms with Crippen molar-refractivity contribution in [1.29, 1.82) is 0 Å². The van der Waals surface area contributed by atoms with Gasteiger partial charge >= 0.3 is 17.9 Å². The normalized spacial score (nSPS) is 38.2. The Hall–Kier alpha value is -2.05. The molecule has 156 valence electrons. The lowest BCUT2D eigenvalue weighted by Gasteiger charge is -2.60. The molecule has 6 atom stereocenters. The molecule has 0 aromatic rings. The predicted molar refractivity (Wildman–Crippen MR) is 98.5 cm³/mol. The lowest BCUT2D eigenvalue weighted by molar-refractivity contribution is -0.221. The summed E-state index contributed by atoms with van der Waals surface area (Å²) in [6.07, 6.45) is 2.20. The molecule has 2 saturated carbocycles. The van der Waals surface area contributed by atoms with Crippen molar-refractivity contribution in [2.24, 2.45) is 22.7 Å². The van der Waals surface area contributed by atoms with Crippen molar-refractivity contribution in [3.63, 3.8) is 0 Å². The monoisotopic (exact) mass is 394 g/mol. The zero-order valence-electron chi connectivity index (χ0n) is 17.4. The van der Waals surface area contributed by atoms with Crippen LogP contribution in [-0.2, 0) is 33.3 Å². The van der Waals surface area contributed by atoms with Crippen molar-refractivity contribution in [2.45, 2.75) is 79.3 Å². The van der Waals surface area contributed by atoms with Gasteiger partial charge in [-0.25, -0.2) is 0 Å². The molecule has 1 heterocycles. The minimum atomic E-state index is -0.773. The summed E-state index contributed by atoms with van der Waals surface area (Å²) in [7, 11) is 0. The Bertz CT molecular complexity index is 710. The molecule has 0 amide bonds. The van der Waals surface area contributed by atoms with Crippen molar-refractivity contribution < 1.29 is 33.3 Å². The molecule has 3 aliphatic rings. The number of carbonyl (C=O) groups excluding carboxylic acids is 3. The second-order valence-corrected chi connectivity index (χ2v) is 9.14. The standard InChI is InChI=1S/C21H30O7/c1-11(22)26-16-14-10-25-19(28-13(3)24)15(14)21(6)9-7-8-20(4,5)18(21)17(16)27-12(2)23/h10,15-19H,7-9H2,1-6H3. The number of hydrogen-bond donors (Lipinski definition) is 0. The van der Waals surface area contributed by atoms with E-state index in [2.05, 4.69) is 20.8 Å². The first-order valence-corrected chi connectivity index (χ1v) is 9.84. The van der Waals surface area contributed by atoms with Crippen molar-refractivity contribution >= 4 is 17.9 Å². The van der Waals surface area contributed by atoms with Crippen LogP contribution in [0.1, 0.15) is 60.8 Å². The van der Waals surface area contributed by atoms with E-state index < -0.39 is 36.4 Å². The molecule has 2 aliphatic carbocycles. The highest BCUT2D eigenvalue weighted by atomic mass is 16.7. The molecule has 0 spiro atoms. The van der Waals surface area contributed by atoms with Crippen LogP contribution in [0.25, 0.3) is 0 Å². The van der Waals surface area contributed by atoms with Gasteiger partial charge in [-0.2, -0.15) is 0 Å². The zero-order valence-corrected chi connectivity index (χ0v) is 17.4. The van der Waals surface area contributed by atoms with Gasteiger partial charge in [0.25, 0.3) is 6.29 Å². The summed E-state index contributed by atoms with van der Waals surface area (Å²) in [5.41, 5.74) is 0.200. The first kappa shape index (κ1) is 20.7. The predicted octanol–water partition coefficient (Wildman–Crippen LogP) is 3.12. The van der Waals surface area contributed by atoms with Crippen LogP contribution in [0.3, 0.4) is 0 Å². The smallest absolute Gasteiger partial charge is 0.305 e. The van der Waals surface area contributed by atoms with Crippen LogP contribution in [0.5, 0.6) is 0 Å². The minimum Gasteiger partial charge on any atom is -0.462 e. The number of rotatable bonds is 3. The molecule has 3 rings (SSSR count). The Morgan fingerprint density at radius 3 is 2.14 bits per heavy atom. The van der Waals surface area contributed by atoms with Gasteiger partial charge in [-0.3, -0.25) is 14.4 Å². The third-order valence-electron chi connectivity index (χ3n) is 6.60. The second kappa shape index (κ2) is 7.08. The fraction of sp³-hybridized carbons (Fsp3) is 0.762. The molecule has 0 saturated heterocycles. The quantitative estimate of drug-likeness (QED) is 0.537. The van der Waals surface area contributed by atoms with E-state index in [4.69, 9.17) is 18.9 Å². The van der Waals surface area contributed by atoms with E-state index in [0.717, 1.165) is 19.3 Å². The average Bonchev–Trinajstić information content (AvgIpc) is 2.93. The van der Waals surface area contributed by atoms with E-state index in [1.807, 2.05) is 0 Å². The van der Waals surface area contributed by atoms with Crippen molar-refractivity contribution in [3.05, 3.63) is 11.8 Å². The van der Waals surface area contributed by atoms with E-state index >= 15 is 0 Å². The van der Waals surface area contributed by atoms with Gasteiger partial charge in [0.2, 0.25) is 0 Å². The van der Waals surface area contributed by atoms with Gasteiger partial charge < -0.3 is 18.9 Å². The molecule has 7 heteroatoms. The summed E-state index contributed by atoms with van der Waals surface area (Å²) in [5, 5.41) is 0. The van der Waals surface area contributed by atoms with Gasteiger partial charge in [0.15, 0.2) is 6.10 Å². The third-order valence-corrected chi connectivity index (χ3v) is 6.60. The summed E-state index contributed by atoms with van der Waals surface area (Å²) < 4.78 is 22.6. The molecular weight excluding hydrogens is 364 g/mol. The van der Waals surface area contributed by atoms with Gasteiger partial charge in [-0.05, 0) is 23.7 Å². The van der Waals surface area contributed by atoms with E-state index in [1.165, 1.54) is 27.0 Å². The van der Waals surface area contributed by atoms with Gasteiger partial charge in [-0.1, -0.05) is 27.2 Å². The molecule has 28 heavy (non-hydrogen) atoms. The van der Waals surface area contributed by atoms with Crippen molar-refractivity contribution in [2.75, 3.05) is 0 Å². The molecule has 0 aromatic carbocycles. The Balaban J connectivity index is 2.13. The Kier molecular flexibility index (Phi) is 5.23. The first-order valence-electron chi connectivity index (χ1n) is 9.84. The van der Waals surface area contributed by atoms with E-state index in [0.29, 0.717) is 5.57 Å². The number of fused-ring (bicyclic) bond motifs is 3. The van der Waals surface area contributed by atoms with Crippen LogP contribution in [0.2, 0.25) is 0 Å². The van der Waals surface area contributed by atoms with Crippen LogP contribution < -0.4 is 0 Å². The maximum Gasteiger partial charge on any atom is 0.305 e. The molecule has 7 nitrogen and oxygen atoms in total. The number of esters is 3. The maximum absolute atomic E-state index is 12.0. The van der Waals surface area contributed by atoms with E-state index in [-0.39, 0.29) is 22.7 Å².